The Morgan fingerprint density at radius 2 is 2.00 bits per heavy atom. The Morgan fingerprint density at radius 1 is 1.20 bits per heavy atom. The van der Waals surface area contributed by atoms with Crippen molar-refractivity contribution in [3.8, 4) is 11.3 Å². The van der Waals surface area contributed by atoms with E-state index in [2.05, 4.69) is 20.8 Å². The topological polar surface area (TPSA) is 81.8 Å². The van der Waals surface area contributed by atoms with Gasteiger partial charge in [-0.05, 0) is 23.3 Å². The molecule has 0 radical (unpaired) electrons. The summed E-state index contributed by atoms with van der Waals surface area (Å²) in [5.41, 5.74) is 7.64. The summed E-state index contributed by atoms with van der Waals surface area (Å²) in [6.45, 7) is 0. The average Bonchev–Trinajstić information content (AvgIpc) is 3.36. The van der Waals surface area contributed by atoms with Crippen LogP contribution >= 0.6 is 0 Å². The van der Waals surface area contributed by atoms with Crippen LogP contribution in [0.5, 0.6) is 0 Å². The molecule has 2 atom stereocenters. The second-order valence-electron chi connectivity index (χ2n) is 7.30. The van der Waals surface area contributed by atoms with Crippen molar-refractivity contribution in [2.45, 2.75) is 31.3 Å². The molecule has 5 rings (SSSR count). The summed E-state index contributed by atoms with van der Waals surface area (Å²) in [6, 6.07) is 13.2. The van der Waals surface area contributed by atoms with Crippen molar-refractivity contribution in [2.24, 2.45) is 5.10 Å². The molecule has 1 amide bonds. The number of nitrogens with one attached hydrogen (secondary N) is 3. The molecule has 1 fully saturated rings. The van der Waals surface area contributed by atoms with Crippen LogP contribution in [0.3, 0.4) is 0 Å². The van der Waals surface area contributed by atoms with Gasteiger partial charge in [-0.1, -0.05) is 30.3 Å². The molecule has 3 heterocycles. The van der Waals surface area contributed by atoms with Crippen LogP contribution in [0.15, 0.2) is 47.6 Å². The van der Waals surface area contributed by atoms with Crippen LogP contribution in [-0.4, -0.2) is 29.5 Å². The number of ether oxygens (including phenoxy) is 1. The molecule has 0 aliphatic carbocycles. The van der Waals surface area contributed by atoms with Gasteiger partial charge in [0.25, 0.3) is 0 Å². The molecule has 2 aromatic carbocycles. The number of hydrogen-bond donors (Lipinski definition) is 3. The van der Waals surface area contributed by atoms with Crippen LogP contribution in [-0.2, 0) is 9.53 Å². The number of anilines is 1. The van der Waals surface area contributed by atoms with Crippen molar-refractivity contribution in [1.82, 2.24) is 10.4 Å². The van der Waals surface area contributed by atoms with E-state index in [9.17, 15) is 18.0 Å². The van der Waals surface area contributed by atoms with Gasteiger partial charge in [0.05, 0.1) is 18.3 Å². The molecule has 9 heteroatoms. The standard InChI is InChI=1S/C21H17F3N4O2/c22-21(23,24)7-6-16(29)26-12-8-13-17-14(10-25-28-20-19(13)30-20)18(27-15(17)9-12)11-4-2-1-3-5-11/h1-5,8-10,19-20,27-28H,6-7H2,(H,26,29). The smallest absolute Gasteiger partial charge is 0.354 e. The lowest BCUT2D eigenvalue weighted by Crippen LogP contribution is -2.17. The van der Waals surface area contributed by atoms with Gasteiger partial charge in [-0.2, -0.15) is 18.3 Å². The van der Waals surface area contributed by atoms with E-state index in [1.807, 2.05) is 30.3 Å². The first-order valence-electron chi connectivity index (χ1n) is 9.45. The Morgan fingerprint density at radius 3 is 2.77 bits per heavy atom. The minimum atomic E-state index is -4.37. The number of alkyl halides is 3. The number of fused-ring (bicyclic) bond motifs is 2. The second-order valence-corrected chi connectivity index (χ2v) is 7.30. The highest BCUT2D eigenvalue weighted by atomic mass is 19.4. The van der Waals surface area contributed by atoms with Gasteiger partial charge in [-0.25, -0.2) is 0 Å². The van der Waals surface area contributed by atoms with Crippen LogP contribution in [0.4, 0.5) is 18.9 Å². The highest BCUT2D eigenvalue weighted by molar-refractivity contribution is 6.09. The van der Waals surface area contributed by atoms with Gasteiger partial charge in [0.2, 0.25) is 5.91 Å². The van der Waals surface area contributed by atoms with Gasteiger partial charge in [0, 0.05) is 28.6 Å². The number of carbonyl (C=O) groups excluding carboxylic acids is 1. The predicted molar refractivity (Wildman–Crippen MR) is 106 cm³/mol. The maximum atomic E-state index is 12.4. The van der Waals surface area contributed by atoms with E-state index in [1.54, 1.807) is 18.3 Å². The number of amides is 1. The number of halogens is 3. The monoisotopic (exact) mass is 414 g/mol. The predicted octanol–water partition coefficient (Wildman–Crippen LogP) is 4.45. The Bertz CT molecular complexity index is 1150. The Balaban J connectivity index is 1.57. The molecule has 0 spiro atoms. The molecule has 0 saturated carbocycles. The van der Waals surface area contributed by atoms with Crippen molar-refractivity contribution < 1.29 is 22.7 Å². The molecular formula is C21H17F3N4O2. The third kappa shape index (κ3) is 3.52. The third-order valence-electron chi connectivity index (χ3n) is 5.14. The number of aromatic nitrogens is 1. The van der Waals surface area contributed by atoms with E-state index < -0.39 is 24.9 Å². The van der Waals surface area contributed by atoms with Crippen LogP contribution in [0.2, 0.25) is 0 Å². The minimum absolute atomic E-state index is 0.254. The Labute approximate surface area is 169 Å². The van der Waals surface area contributed by atoms with Gasteiger partial charge in [-0.3, -0.25) is 10.2 Å². The number of aromatic amines is 1. The minimum Gasteiger partial charge on any atom is -0.354 e. The van der Waals surface area contributed by atoms with Crippen molar-refractivity contribution in [1.29, 1.82) is 0 Å². The summed E-state index contributed by atoms with van der Waals surface area (Å²) in [6.07, 6.45) is -4.96. The number of hydrazone groups is 1. The Hall–Kier alpha value is -3.33. The van der Waals surface area contributed by atoms with Gasteiger partial charge in [0.15, 0.2) is 6.23 Å². The van der Waals surface area contributed by atoms with Crippen LogP contribution < -0.4 is 10.7 Å². The lowest BCUT2D eigenvalue weighted by molar-refractivity contribution is -0.142. The molecule has 3 N–H and O–H groups in total. The first-order chi connectivity index (χ1) is 14.4. The molecule has 3 aromatic rings. The summed E-state index contributed by atoms with van der Waals surface area (Å²) < 4.78 is 42.9. The zero-order chi connectivity index (χ0) is 20.9. The van der Waals surface area contributed by atoms with Gasteiger partial charge in [0.1, 0.15) is 6.10 Å². The Kier molecular flexibility index (Phi) is 4.28. The van der Waals surface area contributed by atoms with E-state index in [1.165, 1.54) is 0 Å². The number of nitrogens with zero attached hydrogens (tertiary/aromatic N) is 1. The van der Waals surface area contributed by atoms with Crippen molar-refractivity contribution in [3.63, 3.8) is 0 Å². The molecule has 6 nitrogen and oxygen atoms in total. The fourth-order valence-electron chi connectivity index (χ4n) is 3.75. The van der Waals surface area contributed by atoms with Crippen LogP contribution in [0.25, 0.3) is 22.2 Å². The molecule has 2 aliphatic heterocycles. The largest absolute Gasteiger partial charge is 0.389 e. The number of benzene rings is 2. The van der Waals surface area contributed by atoms with Crippen LogP contribution in [0.1, 0.15) is 30.1 Å². The van der Waals surface area contributed by atoms with Crippen molar-refractivity contribution in [2.75, 3.05) is 5.32 Å². The first kappa shape index (κ1) is 18.7. The zero-order valence-electron chi connectivity index (χ0n) is 15.6. The number of carbonyl (C=O) groups is 1. The SMILES string of the molecule is O=C(CCC(F)(F)F)Nc1cc2c3c(c(-c4ccccc4)[nH]c3c1)C=NNC1OC21. The van der Waals surface area contributed by atoms with Crippen LogP contribution in [0, 0.1) is 0 Å². The van der Waals surface area contributed by atoms with E-state index in [4.69, 9.17) is 4.74 Å². The summed E-state index contributed by atoms with van der Waals surface area (Å²) in [5, 5.41) is 7.75. The van der Waals surface area contributed by atoms with Gasteiger partial charge < -0.3 is 15.0 Å². The zero-order valence-corrected chi connectivity index (χ0v) is 15.6. The number of epoxide rings is 1. The lowest BCUT2D eigenvalue weighted by atomic mass is 9.99. The maximum absolute atomic E-state index is 12.4. The molecule has 1 aromatic heterocycles. The van der Waals surface area contributed by atoms with Crippen molar-refractivity contribution >= 4 is 28.7 Å². The quantitative estimate of drug-likeness (QED) is 0.552. The summed E-state index contributed by atoms with van der Waals surface area (Å²) in [7, 11) is 0. The molecular weight excluding hydrogens is 397 g/mol. The van der Waals surface area contributed by atoms with Crippen molar-refractivity contribution in [3.05, 3.63) is 53.6 Å². The normalized spacial score (nSPS) is 19.6. The summed E-state index contributed by atoms with van der Waals surface area (Å²) >= 11 is 0. The molecule has 2 aliphatic rings. The van der Waals surface area contributed by atoms with E-state index in [-0.39, 0.29) is 12.3 Å². The molecule has 30 heavy (non-hydrogen) atoms. The lowest BCUT2D eigenvalue weighted by Gasteiger charge is -2.11. The second kappa shape index (κ2) is 6.88. The summed E-state index contributed by atoms with van der Waals surface area (Å²) in [4.78, 5) is 15.4. The fourth-order valence-corrected chi connectivity index (χ4v) is 3.75. The number of H-pyrrole nitrogens is 1. The van der Waals surface area contributed by atoms with E-state index in [0.717, 1.165) is 33.3 Å². The van der Waals surface area contributed by atoms with E-state index >= 15 is 0 Å². The molecule has 154 valence electrons. The highest BCUT2D eigenvalue weighted by Gasteiger charge is 2.43. The maximum Gasteiger partial charge on any atom is 0.389 e. The van der Waals surface area contributed by atoms with E-state index in [0.29, 0.717) is 5.69 Å². The third-order valence-corrected chi connectivity index (χ3v) is 5.14. The molecule has 1 saturated heterocycles. The van der Waals surface area contributed by atoms with Gasteiger partial charge >= 0.3 is 6.18 Å². The highest BCUT2D eigenvalue weighted by Crippen LogP contribution is 2.45. The molecule has 0 bridgehead atoms. The fraction of sp³-hybridized carbons (Fsp3) is 0.238. The summed E-state index contributed by atoms with van der Waals surface area (Å²) in [5.74, 6) is -0.687. The average molecular weight is 414 g/mol. The molecule has 2 unspecified atom stereocenters. The number of hydrogen-bond acceptors (Lipinski definition) is 4. The number of rotatable bonds is 4. The first-order valence-corrected chi connectivity index (χ1v) is 9.45. The van der Waals surface area contributed by atoms with Gasteiger partial charge in [-0.15, -0.1) is 0 Å².